The number of carboxylic acid groups (broad SMARTS) is 1. The number of carbonyl (C=O) groups is 1. The smallest absolute Gasteiger partial charge is 0.356 e. The molecule has 1 atom stereocenters. The van der Waals surface area contributed by atoms with E-state index in [1.807, 2.05) is 0 Å². The Kier molecular flexibility index (Phi) is 7.77. The number of aliphatic imine (C=N–C) groups is 1. The second-order valence-corrected chi connectivity index (χ2v) is 2.82. The molecule has 0 aliphatic carbocycles. The van der Waals surface area contributed by atoms with Crippen LogP contribution < -0.4 is 11.5 Å². The first kappa shape index (κ1) is 17.3. The number of nitrogens with two attached hydrogens (primary N) is 2. The van der Waals surface area contributed by atoms with Gasteiger partial charge in [-0.3, -0.25) is 15.4 Å². The number of halogens is 1. The maximum atomic E-state index is 10.5. The zero-order chi connectivity index (χ0) is 12.1. The maximum Gasteiger partial charge on any atom is 0.356 e. The molecule has 0 bridgehead atoms. The summed E-state index contributed by atoms with van der Waals surface area (Å²) in [6.45, 7) is 0.0752. The SMILES string of the molecule is Cl.NC(N)=NCCC[C@@](O)(C(=O)O)N(O)O. The van der Waals surface area contributed by atoms with Crippen LogP contribution in [-0.2, 0) is 4.79 Å². The largest absolute Gasteiger partial charge is 0.478 e. The number of hydrogen-bond acceptors (Lipinski definition) is 6. The molecule has 0 aromatic carbocycles. The van der Waals surface area contributed by atoms with Gasteiger partial charge in [0.25, 0.3) is 5.72 Å². The predicted octanol–water partition coefficient (Wildman–Crippen LogP) is -1.68. The molecule has 0 amide bonds. The van der Waals surface area contributed by atoms with Gasteiger partial charge in [0.1, 0.15) is 0 Å². The van der Waals surface area contributed by atoms with Crippen molar-refractivity contribution in [2.75, 3.05) is 6.54 Å². The molecule has 0 saturated heterocycles. The van der Waals surface area contributed by atoms with Crippen molar-refractivity contribution in [3.8, 4) is 0 Å². The van der Waals surface area contributed by atoms with Crippen LogP contribution in [0.3, 0.4) is 0 Å². The zero-order valence-electron chi connectivity index (χ0n) is 8.28. The molecule has 0 fully saturated rings. The molecule has 10 heteroatoms. The van der Waals surface area contributed by atoms with Gasteiger partial charge in [0, 0.05) is 13.0 Å². The first-order chi connectivity index (χ1) is 6.80. The molecule has 8 N–H and O–H groups in total. The molecular weight excluding hydrogens is 244 g/mol. The Balaban J connectivity index is 0. The number of carboxylic acids is 1. The van der Waals surface area contributed by atoms with E-state index in [4.69, 9.17) is 27.0 Å². The third-order valence-electron chi connectivity index (χ3n) is 1.65. The van der Waals surface area contributed by atoms with Crippen LogP contribution in [0.1, 0.15) is 12.8 Å². The van der Waals surface area contributed by atoms with Gasteiger partial charge in [0.15, 0.2) is 5.96 Å². The molecule has 0 saturated carbocycles. The van der Waals surface area contributed by atoms with Crippen molar-refractivity contribution < 1.29 is 25.4 Å². The monoisotopic (exact) mass is 258 g/mol. The molecule has 9 nitrogen and oxygen atoms in total. The average molecular weight is 259 g/mol. The van der Waals surface area contributed by atoms with Gasteiger partial charge in [0.2, 0.25) is 0 Å². The van der Waals surface area contributed by atoms with E-state index in [1.54, 1.807) is 0 Å². The van der Waals surface area contributed by atoms with Gasteiger partial charge in [-0.2, -0.15) is 0 Å². The van der Waals surface area contributed by atoms with Crippen LogP contribution in [0.5, 0.6) is 0 Å². The van der Waals surface area contributed by atoms with Crippen molar-refractivity contribution in [2.45, 2.75) is 18.6 Å². The average Bonchev–Trinajstić information content (AvgIpc) is 2.10. The summed E-state index contributed by atoms with van der Waals surface area (Å²) in [6, 6.07) is 0. The Morgan fingerprint density at radius 3 is 2.19 bits per heavy atom. The van der Waals surface area contributed by atoms with Crippen LogP contribution in [0.25, 0.3) is 0 Å². The van der Waals surface area contributed by atoms with Crippen LogP contribution in [0.4, 0.5) is 0 Å². The second-order valence-electron chi connectivity index (χ2n) is 2.82. The number of nitrogens with zero attached hydrogens (tertiary/aromatic N) is 2. The first-order valence-electron chi connectivity index (χ1n) is 4.00. The zero-order valence-corrected chi connectivity index (χ0v) is 9.09. The maximum absolute atomic E-state index is 10.5. The summed E-state index contributed by atoms with van der Waals surface area (Å²) in [6.07, 6.45) is -0.371. The highest BCUT2D eigenvalue weighted by Crippen LogP contribution is 2.15. The lowest BCUT2D eigenvalue weighted by molar-refractivity contribution is -0.403. The summed E-state index contributed by atoms with van der Waals surface area (Å²) in [5.41, 5.74) is 7.25. The van der Waals surface area contributed by atoms with E-state index in [-0.39, 0.29) is 31.3 Å². The van der Waals surface area contributed by atoms with Crippen molar-refractivity contribution in [3.05, 3.63) is 0 Å². The third-order valence-corrected chi connectivity index (χ3v) is 1.65. The molecule has 0 aromatic heterocycles. The van der Waals surface area contributed by atoms with Crippen LogP contribution in [-0.4, -0.2) is 50.1 Å². The molecule has 0 spiro atoms. The van der Waals surface area contributed by atoms with Gasteiger partial charge in [-0.1, -0.05) is 0 Å². The van der Waals surface area contributed by atoms with E-state index in [1.165, 1.54) is 0 Å². The molecule has 0 aliphatic rings. The minimum Gasteiger partial charge on any atom is -0.478 e. The minimum atomic E-state index is -2.75. The van der Waals surface area contributed by atoms with Gasteiger partial charge in [-0.25, -0.2) is 4.79 Å². The Bertz CT molecular complexity index is 257. The highest BCUT2D eigenvalue weighted by molar-refractivity contribution is 5.85. The Morgan fingerprint density at radius 1 is 1.38 bits per heavy atom. The summed E-state index contributed by atoms with van der Waals surface area (Å²) in [4.78, 5) is 14.0. The van der Waals surface area contributed by atoms with E-state index in [2.05, 4.69) is 4.99 Å². The number of hydroxylamine groups is 2. The number of aliphatic carboxylic acids is 1. The molecule has 0 aliphatic heterocycles. The normalized spacial score (nSPS) is 13.8. The fourth-order valence-electron chi connectivity index (χ4n) is 0.826. The number of hydrogen-bond donors (Lipinski definition) is 6. The van der Waals surface area contributed by atoms with E-state index in [9.17, 15) is 9.90 Å². The quantitative estimate of drug-likeness (QED) is 0.108. The molecule has 16 heavy (non-hydrogen) atoms. The lowest BCUT2D eigenvalue weighted by atomic mass is 10.1. The van der Waals surface area contributed by atoms with Crippen LogP contribution >= 0.6 is 12.4 Å². The van der Waals surface area contributed by atoms with Gasteiger partial charge in [0.05, 0.1) is 0 Å². The third kappa shape index (κ3) is 5.09. The highest BCUT2D eigenvalue weighted by atomic mass is 35.5. The number of guanidine groups is 1. The fraction of sp³-hybridized carbons (Fsp3) is 0.667. The Hall–Kier alpha value is -1.13. The van der Waals surface area contributed by atoms with Crippen molar-refractivity contribution in [2.24, 2.45) is 16.5 Å². The van der Waals surface area contributed by atoms with Gasteiger partial charge >= 0.3 is 5.97 Å². The molecule has 0 aromatic rings. The molecule has 0 rings (SSSR count). The summed E-state index contributed by atoms with van der Waals surface area (Å²) in [5.74, 6) is -1.95. The molecule has 0 unspecified atom stereocenters. The minimum absolute atomic E-state index is 0. The van der Waals surface area contributed by atoms with Crippen LogP contribution in [0.15, 0.2) is 4.99 Å². The molecule has 0 heterocycles. The topological polar surface area (TPSA) is 166 Å². The van der Waals surface area contributed by atoms with Crippen molar-refractivity contribution in [3.63, 3.8) is 0 Å². The van der Waals surface area contributed by atoms with Gasteiger partial charge in [-0.15, -0.1) is 12.4 Å². The summed E-state index contributed by atoms with van der Waals surface area (Å²) in [7, 11) is 0. The van der Waals surface area contributed by atoms with E-state index in [0.29, 0.717) is 0 Å². The lowest BCUT2D eigenvalue weighted by Gasteiger charge is -2.25. The lowest BCUT2D eigenvalue weighted by Crippen LogP contribution is -2.51. The molecule has 96 valence electrons. The number of aliphatic hydroxyl groups is 1. The van der Waals surface area contributed by atoms with Crippen LogP contribution in [0, 0.1) is 0 Å². The van der Waals surface area contributed by atoms with Crippen molar-refractivity contribution in [1.29, 1.82) is 0 Å². The summed E-state index contributed by atoms with van der Waals surface area (Å²) in [5, 5.41) is 34.0. The second kappa shape index (κ2) is 7.19. The fourth-order valence-corrected chi connectivity index (χ4v) is 0.826. The van der Waals surface area contributed by atoms with Crippen molar-refractivity contribution >= 4 is 24.3 Å². The van der Waals surface area contributed by atoms with Crippen molar-refractivity contribution in [1.82, 2.24) is 5.23 Å². The summed E-state index contributed by atoms with van der Waals surface area (Å²) < 4.78 is 0. The molecular formula is C6H15ClN4O5. The predicted molar refractivity (Wildman–Crippen MR) is 55.2 cm³/mol. The first-order valence-corrected chi connectivity index (χ1v) is 4.00. The van der Waals surface area contributed by atoms with E-state index in [0.717, 1.165) is 0 Å². The molecule has 0 radical (unpaired) electrons. The standard InChI is InChI=1S/C6H14N4O5.ClH/c7-5(8)9-3-1-2-6(13,4(11)12)10(14)15;/h13-15H,1-3H2,(H,11,12)(H4,7,8,9);1H/t6-;/m1./s1. The van der Waals surface area contributed by atoms with E-state index < -0.39 is 23.3 Å². The van der Waals surface area contributed by atoms with Gasteiger partial charge < -0.3 is 21.7 Å². The number of rotatable bonds is 6. The van der Waals surface area contributed by atoms with Gasteiger partial charge in [-0.05, 0) is 11.6 Å². The summed E-state index contributed by atoms with van der Waals surface area (Å²) >= 11 is 0. The van der Waals surface area contributed by atoms with Crippen LogP contribution in [0.2, 0.25) is 0 Å². The van der Waals surface area contributed by atoms with E-state index >= 15 is 0 Å². The Morgan fingerprint density at radius 2 is 1.88 bits per heavy atom. The highest BCUT2D eigenvalue weighted by Gasteiger charge is 2.41. The Labute approximate surface area is 97.3 Å².